The molecule has 0 aromatic heterocycles. The highest BCUT2D eigenvalue weighted by molar-refractivity contribution is 5.36. The lowest BCUT2D eigenvalue weighted by Gasteiger charge is -2.41. The molecule has 1 fully saturated rings. The van der Waals surface area contributed by atoms with Crippen molar-refractivity contribution in [2.75, 3.05) is 6.61 Å². The van der Waals surface area contributed by atoms with Gasteiger partial charge in [0.15, 0.2) is 6.29 Å². The maximum atomic E-state index is 10.3. The van der Waals surface area contributed by atoms with Gasteiger partial charge in [-0.2, -0.15) is 0 Å². The number of unbranched alkanes of at least 4 members (excludes halogenated alkanes) is 5. The van der Waals surface area contributed by atoms with Crippen LogP contribution in [-0.4, -0.2) is 74.1 Å². The summed E-state index contributed by atoms with van der Waals surface area (Å²) < 4.78 is 11.6. The third kappa shape index (κ3) is 11.0. The van der Waals surface area contributed by atoms with Crippen LogP contribution in [-0.2, 0) is 15.9 Å². The van der Waals surface area contributed by atoms with Crippen molar-refractivity contribution in [1.29, 1.82) is 0 Å². The SMILES string of the molecule is CCC(C)C(CCCCCCCC=CC=CCCc1cc(O)cc(O)c1)OC1OC(CO)C(O)C(O)C1O. The van der Waals surface area contributed by atoms with E-state index in [1.54, 1.807) is 12.1 Å². The van der Waals surface area contributed by atoms with Crippen LogP contribution < -0.4 is 0 Å². The molecule has 1 aromatic carbocycles. The highest BCUT2D eigenvalue weighted by Crippen LogP contribution is 2.27. The van der Waals surface area contributed by atoms with Gasteiger partial charge in [0.05, 0.1) is 12.7 Å². The topological polar surface area (TPSA) is 140 Å². The average molecular weight is 537 g/mol. The van der Waals surface area contributed by atoms with Gasteiger partial charge in [0, 0.05) is 6.07 Å². The molecule has 1 aliphatic heterocycles. The highest BCUT2D eigenvalue weighted by Gasteiger charge is 2.45. The molecule has 8 heteroatoms. The van der Waals surface area contributed by atoms with Crippen molar-refractivity contribution in [3.8, 4) is 11.5 Å². The molecule has 1 aliphatic rings. The number of aryl methyl sites for hydroxylation is 1. The van der Waals surface area contributed by atoms with Gasteiger partial charge in [0.25, 0.3) is 0 Å². The number of aliphatic hydroxyl groups is 4. The van der Waals surface area contributed by atoms with Crippen LogP contribution in [0.5, 0.6) is 11.5 Å². The zero-order chi connectivity index (χ0) is 27.9. The van der Waals surface area contributed by atoms with E-state index >= 15 is 0 Å². The molecule has 0 spiro atoms. The summed E-state index contributed by atoms with van der Waals surface area (Å²) in [5, 5.41) is 58.7. The first-order valence-electron chi connectivity index (χ1n) is 14.1. The third-order valence-electron chi connectivity index (χ3n) is 7.24. The molecule has 0 radical (unpaired) electrons. The smallest absolute Gasteiger partial charge is 0.186 e. The van der Waals surface area contributed by atoms with Crippen molar-refractivity contribution in [2.45, 2.75) is 115 Å². The molecule has 8 nitrogen and oxygen atoms in total. The van der Waals surface area contributed by atoms with E-state index in [-0.39, 0.29) is 23.5 Å². The molecule has 1 saturated heterocycles. The Labute approximate surface area is 227 Å². The van der Waals surface area contributed by atoms with Gasteiger partial charge in [0.2, 0.25) is 0 Å². The van der Waals surface area contributed by atoms with Crippen LogP contribution in [0.25, 0.3) is 0 Å². The minimum Gasteiger partial charge on any atom is -0.508 e. The van der Waals surface area contributed by atoms with E-state index in [0.717, 1.165) is 69.8 Å². The fraction of sp³-hybridized carbons (Fsp3) is 0.667. The molecule has 7 atom stereocenters. The van der Waals surface area contributed by atoms with Crippen LogP contribution >= 0.6 is 0 Å². The second kappa shape index (κ2) is 17.6. The lowest BCUT2D eigenvalue weighted by molar-refractivity contribution is -0.315. The van der Waals surface area contributed by atoms with Gasteiger partial charge < -0.3 is 40.1 Å². The molecule has 0 amide bonds. The van der Waals surface area contributed by atoms with E-state index in [1.807, 2.05) is 6.08 Å². The van der Waals surface area contributed by atoms with Crippen LogP contribution in [0.2, 0.25) is 0 Å². The molecule has 38 heavy (non-hydrogen) atoms. The average Bonchev–Trinajstić information content (AvgIpc) is 2.89. The molecule has 216 valence electrons. The van der Waals surface area contributed by atoms with Crippen molar-refractivity contribution in [2.24, 2.45) is 5.92 Å². The number of allylic oxidation sites excluding steroid dienone is 4. The molecule has 6 N–H and O–H groups in total. The highest BCUT2D eigenvalue weighted by atomic mass is 16.7. The predicted molar refractivity (Wildman–Crippen MR) is 147 cm³/mol. The quantitative estimate of drug-likeness (QED) is 0.129. The van der Waals surface area contributed by atoms with E-state index in [4.69, 9.17) is 9.47 Å². The maximum Gasteiger partial charge on any atom is 0.186 e. The lowest BCUT2D eigenvalue weighted by atomic mass is 9.95. The number of phenolic OH excluding ortho intramolecular Hbond substituents is 2. The van der Waals surface area contributed by atoms with Gasteiger partial charge in [-0.25, -0.2) is 0 Å². The largest absolute Gasteiger partial charge is 0.508 e. The Hall–Kier alpha value is -1.94. The molecular weight excluding hydrogens is 488 g/mol. The number of aliphatic hydroxyl groups excluding tert-OH is 4. The summed E-state index contributed by atoms with van der Waals surface area (Å²) in [6.07, 6.45) is 11.8. The first kappa shape index (κ1) is 32.3. The van der Waals surface area contributed by atoms with Gasteiger partial charge in [-0.3, -0.25) is 0 Å². The van der Waals surface area contributed by atoms with E-state index in [1.165, 1.54) is 6.07 Å². The van der Waals surface area contributed by atoms with Gasteiger partial charge >= 0.3 is 0 Å². The normalized spacial score (nSPS) is 25.8. The maximum absolute atomic E-state index is 10.3. The van der Waals surface area contributed by atoms with Crippen LogP contribution in [0.4, 0.5) is 0 Å². The minimum absolute atomic E-state index is 0.0839. The van der Waals surface area contributed by atoms with E-state index in [9.17, 15) is 30.6 Å². The molecule has 0 bridgehead atoms. The monoisotopic (exact) mass is 536 g/mol. The minimum atomic E-state index is -1.42. The summed E-state index contributed by atoms with van der Waals surface area (Å²) in [6.45, 7) is 3.71. The molecular formula is C30H48O8. The summed E-state index contributed by atoms with van der Waals surface area (Å²) in [6, 6.07) is 4.66. The summed E-state index contributed by atoms with van der Waals surface area (Å²) in [5.74, 6) is 0.411. The number of aromatic hydroxyl groups is 2. The Morgan fingerprint density at radius 3 is 2.16 bits per heavy atom. The van der Waals surface area contributed by atoms with Crippen LogP contribution in [0, 0.1) is 5.92 Å². The van der Waals surface area contributed by atoms with Gasteiger partial charge in [-0.05, 0) is 55.7 Å². The Kier molecular flexibility index (Phi) is 15.0. The lowest BCUT2D eigenvalue weighted by Crippen LogP contribution is -2.59. The predicted octanol–water partition coefficient (Wildman–Crippen LogP) is 4.10. The Balaban J connectivity index is 1.59. The molecule has 1 heterocycles. The van der Waals surface area contributed by atoms with Crippen molar-refractivity contribution in [3.63, 3.8) is 0 Å². The zero-order valence-electron chi connectivity index (χ0n) is 22.9. The third-order valence-corrected chi connectivity index (χ3v) is 7.24. The number of hydrogen-bond donors (Lipinski definition) is 6. The number of benzene rings is 1. The fourth-order valence-electron chi connectivity index (χ4n) is 4.64. The van der Waals surface area contributed by atoms with Gasteiger partial charge in [-0.15, -0.1) is 0 Å². The van der Waals surface area contributed by atoms with E-state index < -0.39 is 37.3 Å². The molecule has 2 rings (SSSR count). The number of phenols is 2. The van der Waals surface area contributed by atoms with Crippen LogP contribution in [0.1, 0.15) is 77.2 Å². The van der Waals surface area contributed by atoms with E-state index in [0.29, 0.717) is 0 Å². The van der Waals surface area contributed by atoms with Crippen molar-refractivity contribution < 1.29 is 40.1 Å². The standard InChI is InChI=1S/C30H48O8/c1-3-21(2)25(37-30-29(36)28(35)27(34)26(20-31)38-30)16-14-12-10-8-6-4-5-7-9-11-13-15-22-17-23(32)19-24(33)18-22/h5,7,9,11,17-19,21,25-36H,3-4,6,8,10,12-16,20H2,1-2H3. The zero-order valence-corrected chi connectivity index (χ0v) is 22.9. The number of hydrogen-bond acceptors (Lipinski definition) is 8. The number of ether oxygens (including phenoxy) is 2. The summed E-state index contributed by atoms with van der Waals surface area (Å²) in [4.78, 5) is 0. The molecule has 7 unspecified atom stereocenters. The van der Waals surface area contributed by atoms with Crippen LogP contribution in [0.15, 0.2) is 42.5 Å². The first-order valence-corrected chi connectivity index (χ1v) is 14.1. The Bertz CT molecular complexity index is 819. The van der Waals surface area contributed by atoms with Crippen molar-refractivity contribution in [1.82, 2.24) is 0 Å². The second-order valence-corrected chi connectivity index (χ2v) is 10.4. The molecule has 1 aromatic rings. The van der Waals surface area contributed by atoms with Gasteiger partial charge in [0.1, 0.15) is 35.9 Å². The second-order valence-electron chi connectivity index (χ2n) is 10.4. The Morgan fingerprint density at radius 1 is 0.868 bits per heavy atom. The molecule has 0 aliphatic carbocycles. The number of rotatable bonds is 17. The fourth-order valence-corrected chi connectivity index (χ4v) is 4.64. The van der Waals surface area contributed by atoms with Crippen molar-refractivity contribution in [3.05, 3.63) is 48.1 Å². The van der Waals surface area contributed by atoms with Crippen molar-refractivity contribution >= 4 is 0 Å². The van der Waals surface area contributed by atoms with E-state index in [2.05, 4.69) is 32.1 Å². The van der Waals surface area contributed by atoms with Gasteiger partial charge in [-0.1, -0.05) is 70.3 Å². The Morgan fingerprint density at radius 2 is 1.50 bits per heavy atom. The summed E-state index contributed by atoms with van der Waals surface area (Å²) >= 11 is 0. The summed E-state index contributed by atoms with van der Waals surface area (Å²) in [7, 11) is 0. The molecule has 0 saturated carbocycles. The first-order chi connectivity index (χ1) is 18.3. The van der Waals surface area contributed by atoms with Crippen LogP contribution in [0.3, 0.4) is 0 Å². The summed E-state index contributed by atoms with van der Waals surface area (Å²) in [5.41, 5.74) is 0.909.